The summed E-state index contributed by atoms with van der Waals surface area (Å²) in [7, 11) is 3.23. The van der Waals surface area contributed by atoms with Gasteiger partial charge in [0.15, 0.2) is 6.10 Å². The molecule has 1 atom stereocenters. The molecule has 0 heterocycles. The molecular weight excluding hydrogens is 492 g/mol. The molecule has 1 unspecified atom stereocenters. The van der Waals surface area contributed by atoms with Crippen molar-refractivity contribution in [2.75, 3.05) is 26.6 Å². The highest BCUT2D eigenvalue weighted by atomic mass is 32.2. The van der Waals surface area contributed by atoms with Gasteiger partial charge in [0.1, 0.15) is 11.3 Å². The van der Waals surface area contributed by atoms with Crippen molar-refractivity contribution in [2.45, 2.75) is 30.3 Å². The number of carbonyl (C=O) groups is 1. The average Bonchev–Trinajstić information content (AvgIpc) is 2.97. The first-order chi connectivity index (χ1) is 18.7. The highest BCUT2D eigenvalue weighted by Gasteiger charge is 2.23. The molecule has 194 valence electrons. The lowest BCUT2D eigenvalue weighted by atomic mass is 10.0. The molecular formula is C33H32O4S. The van der Waals surface area contributed by atoms with Crippen LogP contribution in [0.25, 0.3) is 0 Å². The summed E-state index contributed by atoms with van der Waals surface area (Å²) in [5.41, 5.74) is 1.80. The second-order valence-corrected chi connectivity index (χ2v) is 9.22. The molecule has 3 aromatic carbocycles. The van der Waals surface area contributed by atoms with Crippen LogP contribution in [0.5, 0.6) is 5.75 Å². The van der Waals surface area contributed by atoms with Gasteiger partial charge in [-0.3, -0.25) is 0 Å². The molecule has 4 nitrogen and oxygen atoms in total. The van der Waals surface area contributed by atoms with Gasteiger partial charge >= 0.3 is 5.97 Å². The molecule has 3 aromatic rings. The predicted molar refractivity (Wildman–Crippen MR) is 154 cm³/mol. The zero-order chi connectivity index (χ0) is 26.8. The summed E-state index contributed by atoms with van der Waals surface area (Å²) < 4.78 is 16.6. The summed E-state index contributed by atoms with van der Waals surface area (Å²) in [6.45, 7) is 0.706. The van der Waals surface area contributed by atoms with E-state index in [1.807, 2.05) is 54.6 Å². The number of rotatable bonds is 11. The van der Waals surface area contributed by atoms with E-state index in [1.165, 1.54) is 7.11 Å². The smallest absolute Gasteiger partial charge is 0.342 e. The van der Waals surface area contributed by atoms with Crippen molar-refractivity contribution in [2.24, 2.45) is 0 Å². The zero-order valence-electron chi connectivity index (χ0n) is 21.8. The van der Waals surface area contributed by atoms with Crippen molar-refractivity contribution in [1.29, 1.82) is 0 Å². The monoisotopic (exact) mass is 524 g/mol. The lowest BCUT2D eigenvalue weighted by Crippen LogP contribution is -2.14. The molecule has 0 aromatic heterocycles. The van der Waals surface area contributed by atoms with Crippen LogP contribution in [0.1, 0.15) is 41.3 Å². The summed E-state index contributed by atoms with van der Waals surface area (Å²) in [5, 5.41) is 0. The number of hydrogen-bond donors (Lipinski definition) is 0. The van der Waals surface area contributed by atoms with E-state index in [0.29, 0.717) is 35.7 Å². The first-order valence-electron chi connectivity index (χ1n) is 12.5. The number of hydrogen-bond acceptors (Lipinski definition) is 5. The van der Waals surface area contributed by atoms with E-state index in [-0.39, 0.29) is 0 Å². The zero-order valence-corrected chi connectivity index (χ0v) is 22.6. The fourth-order valence-corrected chi connectivity index (χ4v) is 4.20. The maximum Gasteiger partial charge on any atom is 0.342 e. The van der Waals surface area contributed by atoms with Crippen LogP contribution >= 0.6 is 11.8 Å². The van der Waals surface area contributed by atoms with Crippen molar-refractivity contribution >= 4 is 17.7 Å². The predicted octanol–water partition coefficient (Wildman–Crippen LogP) is 7.14. The van der Waals surface area contributed by atoms with Gasteiger partial charge < -0.3 is 14.2 Å². The largest absolute Gasteiger partial charge is 0.496 e. The molecule has 3 rings (SSSR count). The molecule has 0 aliphatic heterocycles. The van der Waals surface area contributed by atoms with Gasteiger partial charge in [0.25, 0.3) is 0 Å². The normalized spacial score (nSPS) is 11.4. The number of para-hydroxylation sites is 1. The molecule has 0 aliphatic rings. The molecule has 0 saturated heterocycles. The average molecular weight is 525 g/mol. The SMILES string of the molecule is COCCCCC#C/C(=C/C#CCSc1ccccc1)C(OC(=O)c1ccccc1OC)c1ccccc1. The number of allylic oxidation sites excluding steroid dienone is 1. The number of esters is 1. The molecule has 0 aliphatic carbocycles. The van der Waals surface area contributed by atoms with Gasteiger partial charge in [-0.15, -0.1) is 11.8 Å². The lowest BCUT2D eigenvalue weighted by Gasteiger charge is -2.19. The van der Waals surface area contributed by atoms with Crippen LogP contribution in [0, 0.1) is 23.7 Å². The topological polar surface area (TPSA) is 44.8 Å². The van der Waals surface area contributed by atoms with E-state index >= 15 is 0 Å². The van der Waals surface area contributed by atoms with Gasteiger partial charge in [0.05, 0.1) is 18.4 Å². The van der Waals surface area contributed by atoms with Crippen molar-refractivity contribution in [3.8, 4) is 29.4 Å². The Hall–Kier alpha value is -3.90. The molecule has 0 saturated carbocycles. The van der Waals surface area contributed by atoms with Crippen molar-refractivity contribution < 1.29 is 19.0 Å². The summed E-state index contributed by atoms with van der Waals surface area (Å²) in [4.78, 5) is 14.4. The molecule has 0 fully saturated rings. The Balaban J connectivity index is 1.88. The van der Waals surface area contributed by atoms with E-state index in [9.17, 15) is 4.79 Å². The summed E-state index contributed by atoms with van der Waals surface area (Å²) >= 11 is 1.67. The molecule has 0 bridgehead atoms. The third-order valence-electron chi connectivity index (χ3n) is 5.45. The van der Waals surface area contributed by atoms with E-state index in [4.69, 9.17) is 14.2 Å². The summed E-state index contributed by atoms with van der Waals surface area (Å²) in [5.74, 6) is 13.4. The van der Waals surface area contributed by atoms with E-state index in [2.05, 4.69) is 35.8 Å². The third kappa shape index (κ3) is 9.52. The van der Waals surface area contributed by atoms with E-state index < -0.39 is 12.1 Å². The van der Waals surface area contributed by atoms with Gasteiger partial charge in [-0.05, 0) is 42.7 Å². The minimum absolute atomic E-state index is 0.355. The van der Waals surface area contributed by atoms with Crippen molar-refractivity contribution in [3.63, 3.8) is 0 Å². The number of carbonyl (C=O) groups excluding carboxylic acids is 1. The standard InChI is InChI=1S/C33H32O4S/c1-35-25-15-4-3-7-17-28(20-14-16-26-38-29-21-10-6-11-22-29)32(27-18-8-5-9-19-27)37-33(34)30-23-12-13-24-31(30)36-2/h5-6,8-13,18-24,32H,3-4,15,25-26H2,1-2H3/b28-20-. The Kier molecular flexibility index (Phi) is 12.7. The van der Waals surface area contributed by atoms with Gasteiger partial charge in [-0.25, -0.2) is 4.79 Å². The molecule has 0 amide bonds. The highest BCUT2D eigenvalue weighted by molar-refractivity contribution is 7.99. The van der Waals surface area contributed by atoms with Crippen LogP contribution in [0.3, 0.4) is 0 Å². The maximum atomic E-state index is 13.3. The second-order valence-electron chi connectivity index (χ2n) is 8.17. The quantitative estimate of drug-likeness (QED) is 0.115. The Morgan fingerprint density at radius 3 is 2.34 bits per heavy atom. The lowest BCUT2D eigenvalue weighted by molar-refractivity contribution is 0.0375. The Morgan fingerprint density at radius 2 is 1.61 bits per heavy atom. The Morgan fingerprint density at radius 1 is 0.895 bits per heavy atom. The van der Waals surface area contributed by atoms with Crippen LogP contribution in [-0.2, 0) is 9.47 Å². The fourth-order valence-electron chi connectivity index (χ4n) is 3.53. The van der Waals surface area contributed by atoms with Gasteiger partial charge in [0, 0.05) is 31.1 Å². The minimum atomic E-state index is -0.712. The fraction of sp³-hybridized carbons (Fsp3) is 0.242. The van der Waals surface area contributed by atoms with Gasteiger partial charge in [-0.2, -0.15) is 0 Å². The van der Waals surface area contributed by atoms with Crippen LogP contribution in [-0.4, -0.2) is 32.5 Å². The van der Waals surface area contributed by atoms with Crippen molar-refractivity contribution in [3.05, 3.63) is 108 Å². The first kappa shape index (κ1) is 28.7. The van der Waals surface area contributed by atoms with Gasteiger partial charge in [-0.1, -0.05) is 84.3 Å². The van der Waals surface area contributed by atoms with Crippen LogP contribution in [0.2, 0.25) is 0 Å². The van der Waals surface area contributed by atoms with Crippen LogP contribution in [0.4, 0.5) is 0 Å². The third-order valence-corrected chi connectivity index (χ3v) is 6.35. The molecule has 5 heteroatoms. The van der Waals surface area contributed by atoms with Crippen LogP contribution in [0.15, 0.2) is 101 Å². The summed E-state index contributed by atoms with van der Waals surface area (Å²) in [6, 6.07) is 26.8. The number of methoxy groups -OCH3 is 2. The Labute approximate surface area is 230 Å². The molecule has 0 N–H and O–H groups in total. The summed E-state index contributed by atoms with van der Waals surface area (Å²) in [6.07, 6.45) is 3.62. The van der Waals surface area contributed by atoms with Gasteiger partial charge in [0.2, 0.25) is 0 Å². The first-order valence-corrected chi connectivity index (χ1v) is 13.4. The second kappa shape index (κ2) is 16.8. The van der Waals surface area contributed by atoms with E-state index in [0.717, 1.165) is 23.3 Å². The molecule has 0 radical (unpaired) electrons. The molecule has 0 spiro atoms. The maximum absolute atomic E-state index is 13.3. The highest BCUT2D eigenvalue weighted by Crippen LogP contribution is 2.29. The number of ether oxygens (including phenoxy) is 3. The van der Waals surface area contributed by atoms with E-state index in [1.54, 1.807) is 43.1 Å². The van der Waals surface area contributed by atoms with Crippen molar-refractivity contribution in [1.82, 2.24) is 0 Å². The number of unbranched alkanes of at least 4 members (excludes halogenated alkanes) is 2. The molecule has 38 heavy (non-hydrogen) atoms. The number of benzene rings is 3. The van der Waals surface area contributed by atoms with Crippen LogP contribution < -0.4 is 4.74 Å². The minimum Gasteiger partial charge on any atom is -0.496 e. The number of thioether (sulfide) groups is 1. The Bertz CT molecular complexity index is 1290.